The molecule has 0 fully saturated rings. The lowest BCUT2D eigenvalue weighted by atomic mass is 9.98. The summed E-state index contributed by atoms with van der Waals surface area (Å²) in [4.78, 5) is 41.5. The fraction of sp³-hybridized carbons (Fsp3) is 0.438. The number of amides is 2. The summed E-state index contributed by atoms with van der Waals surface area (Å²) in [6.45, 7) is 9.36. The largest absolute Gasteiger partial charge is 0.458 e. The Hall–Kier alpha value is -4.94. The van der Waals surface area contributed by atoms with Gasteiger partial charge in [-0.05, 0) is 55.5 Å². The summed E-state index contributed by atoms with van der Waals surface area (Å²) in [5.74, 6) is 0.665. The first-order chi connectivity index (χ1) is 21.5. The number of aromatic amines is 1. The van der Waals surface area contributed by atoms with Crippen molar-refractivity contribution in [3.05, 3.63) is 65.7 Å². The van der Waals surface area contributed by atoms with E-state index >= 15 is 0 Å². The highest BCUT2D eigenvalue weighted by atomic mass is 16.6. The number of hydrogen-bond acceptors (Lipinski definition) is 9. The van der Waals surface area contributed by atoms with Crippen LogP contribution < -0.4 is 10.6 Å². The number of nitrogens with one attached hydrogen (secondary N) is 3. The van der Waals surface area contributed by atoms with Crippen molar-refractivity contribution in [3.8, 4) is 22.5 Å². The second-order valence-electron chi connectivity index (χ2n) is 11.8. The highest BCUT2D eigenvalue weighted by molar-refractivity contribution is 5.84. The summed E-state index contributed by atoms with van der Waals surface area (Å²) >= 11 is 0. The van der Waals surface area contributed by atoms with Gasteiger partial charge in [-0.3, -0.25) is 9.59 Å². The predicted molar refractivity (Wildman–Crippen MR) is 167 cm³/mol. The van der Waals surface area contributed by atoms with Crippen LogP contribution in [0.2, 0.25) is 0 Å². The number of benzene rings is 2. The van der Waals surface area contributed by atoms with Crippen molar-refractivity contribution >= 4 is 17.8 Å². The molecule has 13 heteroatoms. The Morgan fingerprint density at radius 2 is 1.78 bits per heavy atom. The summed E-state index contributed by atoms with van der Waals surface area (Å²) in [5.41, 5.74) is 3.26. The second kappa shape index (κ2) is 15.2. The lowest BCUT2D eigenvalue weighted by Gasteiger charge is -2.24. The molecule has 2 amide bonds. The lowest BCUT2D eigenvalue weighted by Crippen LogP contribution is -2.44. The van der Waals surface area contributed by atoms with Crippen LogP contribution in [0.5, 0.6) is 0 Å². The van der Waals surface area contributed by atoms with Crippen LogP contribution in [0.4, 0.5) is 0 Å². The number of carbonyl (C=O) groups excluding carboxylic acids is 3. The van der Waals surface area contributed by atoms with Crippen LogP contribution in [0, 0.1) is 0 Å². The molecule has 0 radical (unpaired) electrons. The van der Waals surface area contributed by atoms with Gasteiger partial charge in [-0.25, -0.2) is 14.5 Å². The van der Waals surface area contributed by atoms with Gasteiger partial charge >= 0.3 is 5.97 Å². The third kappa shape index (κ3) is 9.78. The van der Waals surface area contributed by atoms with E-state index in [4.69, 9.17) is 14.8 Å². The minimum absolute atomic E-state index is 0.0236. The zero-order valence-corrected chi connectivity index (χ0v) is 26.5. The molecule has 0 saturated heterocycles. The van der Waals surface area contributed by atoms with Gasteiger partial charge in [0, 0.05) is 25.3 Å². The molecule has 13 nitrogen and oxygen atoms in total. The monoisotopic (exact) mass is 615 g/mol. The van der Waals surface area contributed by atoms with Gasteiger partial charge in [0.1, 0.15) is 17.5 Å². The molecule has 45 heavy (non-hydrogen) atoms. The maximum Gasteiger partial charge on any atom is 0.329 e. The Morgan fingerprint density at radius 1 is 1.04 bits per heavy atom. The molecule has 2 aromatic heterocycles. The van der Waals surface area contributed by atoms with E-state index in [1.54, 1.807) is 20.8 Å². The van der Waals surface area contributed by atoms with Crippen LogP contribution in [0.1, 0.15) is 77.5 Å². The third-order valence-electron chi connectivity index (χ3n) is 6.83. The highest BCUT2D eigenvalue weighted by Gasteiger charge is 2.26. The number of hydrogen-bond donors (Lipinski definition) is 3. The quantitative estimate of drug-likeness (QED) is 0.179. The van der Waals surface area contributed by atoms with Gasteiger partial charge in [-0.1, -0.05) is 61.9 Å². The van der Waals surface area contributed by atoms with Crippen molar-refractivity contribution in [2.24, 2.45) is 0 Å². The summed E-state index contributed by atoms with van der Waals surface area (Å²) in [6, 6.07) is 15.2. The van der Waals surface area contributed by atoms with Gasteiger partial charge in [-0.15, -0.1) is 10.2 Å². The topological polar surface area (TPSA) is 170 Å². The second-order valence-corrected chi connectivity index (χ2v) is 11.8. The maximum absolute atomic E-state index is 12.7. The Kier molecular flexibility index (Phi) is 11.1. The SMILES string of the molecule is CCCCc1nc(CNC(=O)CCC(NC(C)=O)C(=O)OC(C)(C)C)nn1Cc1ccc(-c2ccccc2-c2nn[nH]n2)cc1. The number of nitrogens with zero attached hydrogens (tertiary/aromatic N) is 6. The fourth-order valence-electron chi connectivity index (χ4n) is 4.72. The van der Waals surface area contributed by atoms with E-state index in [9.17, 15) is 14.4 Å². The van der Waals surface area contributed by atoms with Crippen LogP contribution in [-0.2, 0) is 38.6 Å². The number of ether oxygens (including phenoxy) is 1. The molecular weight excluding hydrogens is 574 g/mol. The molecule has 238 valence electrons. The number of rotatable bonds is 14. The molecule has 2 aromatic carbocycles. The molecule has 0 saturated carbocycles. The van der Waals surface area contributed by atoms with E-state index in [1.165, 1.54) is 6.92 Å². The smallest absolute Gasteiger partial charge is 0.329 e. The Bertz CT molecular complexity index is 1570. The number of esters is 1. The minimum atomic E-state index is -0.913. The summed E-state index contributed by atoms with van der Waals surface area (Å²) in [7, 11) is 0. The zero-order chi connectivity index (χ0) is 32.4. The third-order valence-corrected chi connectivity index (χ3v) is 6.83. The molecule has 0 aliphatic heterocycles. The number of unbranched alkanes of at least 4 members (excludes halogenated alkanes) is 1. The molecule has 0 aliphatic carbocycles. The predicted octanol–water partition coefficient (Wildman–Crippen LogP) is 3.76. The number of tetrazole rings is 1. The van der Waals surface area contributed by atoms with Gasteiger partial charge in [0.25, 0.3) is 0 Å². The average Bonchev–Trinajstić information content (AvgIpc) is 3.67. The van der Waals surface area contributed by atoms with Crippen molar-refractivity contribution in [2.45, 2.75) is 91.5 Å². The lowest BCUT2D eigenvalue weighted by molar-refractivity contribution is -0.158. The maximum atomic E-state index is 12.7. The molecule has 3 N–H and O–H groups in total. The fourth-order valence-corrected chi connectivity index (χ4v) is 4.72. The number of carbonyl (C=O) groups is 3. The molecule has 0 bridgehead atoms. The van der Waals surface area contributed by atoms with Crippen LogP contribution in [0.3, 0.4) is 0 Å². The molecule has 4 aromatic rings. The Morgan fingerprint density at radius 3 is 2.42 bits per heavy atom. The van der Waals surface area contributed by atoms with Gasteiger partial charge in [0.15, 0.2) is 5.82 Å². The van der Waals surface area contributed by atoms with E-state index in [0.717, 1.165) is 47.3 Å². The first-order valence-electron chi connectivity index (χ1n) is 15.1. The van der Waals surface area contributed by atoms with Gasteiger partial charge in [0.2, 0.25) is 17.6 Å². The summed E-state index contributed by atoms with van der Waals surface area (Å²) < 4.78 is 7.28. The van der Waals surface area contributed by atoms with Crippen molar-refractivity contribution < 1.29 is 19.1 Å². The van der Waals surface area contributed by atoms with Gasteiger partial charge in [0.05, 0.1) is 13.1 Å². The summed E-state index contributed by atoms with van der Waals surface area (Å²) in [5, 5.41) is 24.6. The molecule has 2 heterocycles. The van der Waals surface area contributed by atoms with E-state index < -0.39 is 17.6 Å². The standard InChI is InChI=1S/C32H41N9O4/c1-6-7-12-28-35-27(19-33-29(43)18-17-26(34-21(2)42)31(44)45-32(3,4)5)38-41(28)20-22-13-15-23(16-14-22)24-10-8-9-11-25(24)30-36-39-40-37-30/h8-11,13-16,26H,6-7,12,17-20H2,1-5H3,(H,33,43)(H,34,42)(H,36,37,39,40). The van der Waals surface area contributed by atoms with Crippen LogP contribution in [-0.4, -0.2) is 64.8 Å². The molecule has 4 rings (SSSR count). The van der Waals surface area contributed by atoms with Crippen molar-refractivity contribution in [1.29, 1.82) is 0 Å². The van der Waals surface area contributed by atoms with Crippen molar-refractivity contribution in [2.75, 3.05) is 0 Å². The van der Waals surface area contributed by atoms with Crippen molar-refractivity contribution in [1.82, 2.24) is 46.0 Å². The highest BCUT2D eigenvalue weighted by Crippen LogP contribution is 2.29. The van der Waals surface area contributed by atoms with E-state index in [0.29, 0.717) is 18.2 Å². The average molecular weight is 616 g/mol. The number of aryl methyl sites for hydroxylation is 1. The Balaban J connectivity index is 1.39. The summed E-state index contributed by atoms with van der Waals surface area (Å²) in [6.07, 6.45) is 2.88. The van der Waals surface area contributed by atoms with Gasteiger partial charge in [-0.2, -0.15) is 10.3 Å². The van der Waals surface area contributed by atoms with E-state index in [2.05, 4.69) is 62.4 Å². The molecule has 0 spiro atoms. The molecule has 0 aliphatic rings. The van der Waals surface area contributed by atoms with E-state index in [1.807, 2.05) is 28.9 Å². The normalized spacial score (nSPS) is 12.0. The Labute approximate surface area is 262 Å². The molecule has 1 atom stereocenters. The number of aromatic nitrogens is 7. The van der Waals surface area contributed by atoms with Crippen LogP contribution in [0.15, 0.2) is 48.5 Å². The first kappa shape index (κ1) is 33.0. The van der Waals surface area contributed by atoms with Crippen LogP contribution in [0.25, 0.3) is 22.5 Å². The zero-order valence-electron chi connectivity index (χ0n) is 26.5. The number of H-pyrrole nitrogens is 1. The van der Waals surface area contributed by atoms with Crippen LogP contribution >= 0.6 is 0 Å². The van der Waals surface area contributed by atoms with E-state index in [-0.39, 0.29) is 31.2 Å². The molecular formula is C32H41N9O4. The van der Waals surface area contributed by atoms with Gasteiger partial charge < -0.3 is 15.4 Å². The van der Waals surface area contributed by atoms with Crippen molar-refractivity contribution in [3.63, 3.8) is 0 Å². The first-order valence-corrected chi connectivity index (χ1v) is 15.1. The minimum Gasteiger partial charge on any atom is -0.458 e. The molecule has 1 unspecified atom stereocenters.